The van der Waals surface area contributed by atoms with Crippen molar-refractivity contribution in [3.8, 4) is 28.3 Å². The van der Waals surface area contributed by atoms with E-state index < -0.39 is 17.6 Å². The number of fused-ring (bicyclic) bond motifs is 1. The molecule has 13 heteroatoms. The largest absolute Gasteiger partial charge is 0.481 e. The van der Waals surface area contributed by atoms with Crippen molar-refractivity contribution in [1.29, 1.82) is 0 Å². The Morgan fingerprint density at radius 1 is 1.11 bits per heavy atom. The van der Waals surface area contributed by atoms with Crippen LogP contribution in [0.5, 0.6) is 5.88 Å². The fourth-order valence-corrected chi connectivity index (χ4v) is 6.84. The number of hydrogen-bond acceptors (Lipinski definition) is 7. The van der Waals surface area contributed by atoms with Crippen molar-refractivity contribution in [3.05, 3.63) is 75.6 Å². The Morgan fingerprint density at radius 3 is 2.43 bits per heavy atom. The van der Waals surface area contributed by atoms with Crippen LogP contribution in [0.1, 0.15) is 89.3 Å². The lowest BCUT2D eigenvalue weighted by molar-refractivity contribution is -0.121. The average Bonchev–Trinajstić information content (AvgIpc) is 3.59. The number of nitrogens with two attached hydrogens (primary N) is 1. The maximum Gasteiger partial charge on any atom is 0.317 e. The summed E-state index contributed by atoms with van der Waals surface area (Å²) in [7, 11) is 4.64. The molecule has 2 atom stereocenters. The van der Waals surface area contributed by atoms with Gasteiger partial charge in [-0.05, 0) is 79.0 Å². The predicted molar refractivity (Wildman–Crippen MR) is 226 cm³/mol. The molecule has 1 aromatic heterocycles. The van der Waals surface area contributed by atoms with Gasteiger partial charge < -0.3 is 36.4 Å². The van der Waals surface area contributed by atoms with Gasteiger partial charge in [0.15, 0.2) is 0 Å². The number of benzene rings is 2. The molecule has 2 aromatic carbocycles. The molecule has 11 nitrogen and oxygen atoms in total. The molecule has 6 N–H and O–H groups in total. The number of nitrogens with zero attached hydrogens (tertiary/aromatic N) is 2. The van der Waals surface area contributed by atoms with Crippen molar-refractivity contribution < 1.29 is 28.6 Å². The summed E-state index contributed by atoms with van der Waals surface area (Å²) in [6, 6.07) is 9.96. The summed E-state index contributed by atoms with van der Waals surface area (Å²) in [4.78, 5) is 42.7. The highest BCUT2D eigenvalue weighted by Crippen LogP contribution is 2.44. The molecule has 0 aliphatic heterocycles. The highest BCUT2D eigenvalue weighted by atomic mass is 35.5. The van der Waals surface area contributed by atoms with Crippen LogP contribution in [0.15, 0.2) is 48.0 Å². The van der Waals surface area contributed by atoms with Crippen LogP contribution in [-0.2, 0) is 16.0 Å². The Labute approximate surface area is 337 Å². The van der Waals surface area contributed by atoms with Crippen LogP contribution >= 0.6 is 11.6 Å². The van der Waals surface area contributed by atoms with E-state index in [9.17, 15) is 14.4 Å². The van der Waals surface area contributed by atoms with E-state index in [0.29, 0.717) is 46.4 Å². The number of pyridine rings is 1. The van der Waals surface area contributed by atoms with Gasteiger partial charge in [0.1, 0.15) is 11.4 Å². The van der Waals surface area contributed by atoms with Gasteiger partial charge in [0.05, 0.1) is 24.4 Å². The van der Waals surface area contributed by atoms with Crippen molar-refractivity contribution in [2.24, 2.45) is 11.7 Å². The van der Waals surface area contributed by atoms with E-state index in [0.717, 1.165) is 49.3 Å². The molecule has 56 heavy (non-hydrogen) atoms. The van der Waals surface area contributed by atoms with Gasteiger partial charge in [0.25, 0.3) is 11.8 Å². The standard InChI is InChI=1S/C29H30ClFN4O3.C12H26N2O2.C2H6/c1-15-8-9-17-14-23(35-29(38-4)24(15)17)19-10-11-21(31)25(26(19)30)18-6-5-7-22(16(18)2)34-28(37)20(12-13-32)27(36)33-3;1-4-11(2)7-5-6-8-14(9-10-15)12(16)13-3;1-2/h5-7,10-12,14-15H,8-9,13,32H2,1-4H3,(H,33,36)(H,34,37);11,15H,4-10H2,1-3H3,(H,13,16);1-2H3/b20-12+;;. The second-order valence-electron chi connectivity index (χ2n) is 13.5. The first-order valence-corrected chi connectivity index (χ1v) is 19.9. The van der Waals surface area contributed by atoms with Crippen molar-refractivity contribution in [2.45, 2.75) is 86.0 Å². The predicted octanol–water partition coefficient (Wildman–Crippen LogP) is 8.01. The average molecular weight is 797 g/mol. The number of unbranched alkanes of at least 4 members (excludes halogenated alkanes) is 1. The molecule has 0 saturated carbocycles. The van der Waals surface area contributed by atoms with E-state index in [2.05, 4.69) is 36.7 Å². The highest BCUT2D eigenvalue weighted by Gasteiger charge is 2.27. The minimum atomic E-state index is -0.626. The van der Waals surface area contributed by atoms with Gasteiger partial charge in [-0.3, -0.25) is 9.59 Å². The molecule has 3 aromatic rings. The van der Waals surface area contributed by atoms with Crippen LogP contribution in [-0.4, -0.2) is 80.3 Å². The lowest BCUT2D eigenvalue weighted by Crippen LogP contribution is -2.40. The number of urea groups is 1. The van der Waals surface area contributed by atoms with Crippen LogP contribution in [0.4, 0.5) is 14.9 Å². The zero-order valence-electron chi connectivity index (χ0n) is 34.6. The van der Waals surface area contributed by atoms with E-state index in [1.807, 2.05) is 19.9 Å². The number of rotatable bonds is 15. The van der Waals surface area contributed by atoms with Crippen molar-refractivity contribution in [2.75, 3.05) is 52.8 Å². The van der Waals surface area contributed by atoms with Crippen molar-refractivity contribution in [3.63, 3.8) is 0 Å². The first-order chi connectivity index (χ1) is 26.9. The summed E-state index contributed by atoms with van der Waals surface area (Å²) in [5, 5.41) is 16.8. The highest BCUT2D eigenvalue weighted by molar-refractivity contribution is 6.36. The number of anilines is 1. The smallest absolute Gasteiger partial charge is 0.317 e. The lowest BCUT2D eigenvalue weighted by Gasteiger charge is -2.21. The van der Waals surface area contributed by atoms with Gasteiger partial charge in [0, 0.05) is 56.1 Å². The number of aliphatic hydroxyl groups excluding tert-OH is 1. The number of methoxy groups -OCH3 is 1. The number of halogens is 2. The minimum absolute atomic E-state index is 0.0171. The Hall–Kier alpha value is -4.52. The van der Waals surface area contributed by atoms with Gasteiger partial charge in [0.2, 0.25) is 5.88 Å². The molecule has 0 saturated heterocycles. The lowest BCUT2D eigenvalue weighted by atomic mass is 9.95. The Bertz CT molecular complexity index is 1800. The molecular weight excluding hydrogens is 735 g/mol. The molecule has 2 unspecified atom stereocenters. The molecule has 1 aliphatic carbocycles. The number of carbonyl (C=O) groups excluding carboxylic acids is 3. The Morgan fingerprint density at radius 2 is 1.82 bits per heavy atom. The summed E-state index contributed by atoms with van der Waals surface area (Å²) < 4.78 is 20.9. The Kier molecular flexibility index (Phi) is 20.6. The van der Waals surface area contributed by atoms with E-state index in [4.69, 9.17) is 32.2 Å². The van der Waals surface area contributed by atoms with Crippen LogP contribution in [0.3, 0.4) is 0 Å². The first kappa shape index (κ1) is 47.6. The maximum absolute atomic E-state index is 15.3. The molecule has 4 amide bonds. The quantitative estimate of drug-likeness (QED) is 0.0451. The summed E-state index contributed by atoms with van der Waals surface area (Å²) in [5.41, 5.74) is 10.5. The number of carbonyl (C=O) groups is 3. The van der Waals surface area contributed by atoms with Crippen LogP contribution in [0.2, 0.25) is 5.02 Å². The molecule has 0 spiro atoms. The summed E-state index contributed by atoms with van der Waals surface area (Å²) in [5.74, 6) is -0.0190. The number of hydrogen-bond donors (Lipinski definition) is 5. The third-order valence-corrected chi connectivity index (χ3v) is 10.2. The van der Waals surface area contributed by atoms with E-state index in [-0.39, 0.29) is 35.3 Å². The SMILES string of the molecule is CC.CCC(C)CCCCN(CCO)C(=O)NC.CNC(=O)/C(=C\CN)C(=O)Nc1cccc(-c2c(F)ccc(-c3cc4c(c(OC)n3)C(C)CC4)c2Cl)c1C. The molecular formula is C43H62ClFN6O5. The topological polar surface area (TPSA) is 159 Å². The fraction of sp³-hybridized carbons (Fsp3) is 0.488. The normalized spacial score (nSPS) is 13.6. The number of ether oxygens (including phenoxy) is 1. The third-order valence-electron chi connectivity index (χ3n) is 9.84. The third kappa shape index (κ3) is 12.5. The van der Waals surface area contributed by atoms with E-state index in [1.54, 1.807) is 50.2 Å². The minimum Gasteiger partial charge on any atom is -0.481 e. The summed E-state index contributed by atoms with van der Waals surface area (Å²) >= 11 is 6.86. The van der Waals surface area contributed by atoms with Crippen molar-refractivity contribution in [1.82, 2.24) is 20.5 Å². The number of amides is 4. The molecule has 4 rings (SSSR count). The van der Waals surface area contributed by atoms with Gasteiger partial charge in [-0.2, -0.15) is 0 Å². The molecule has 1 aliphatic rings. The van der Waals surface area contributed by atoms with Gasteiger partial charge in [-0.1, -0.05) is 83.7 Å². The molecule has 308 valence electrons. The summed E-state index contributed by atoms with van der Waals surface area (Å²) in [6.45, 7) is 13.5. The number of aryl methyl sites for hydroxylation is 1. The molecule has 0 bridgehead atoms. The van der Waals surface area contributed by atoms with Gasteiger partial charge in [-0.15, -0.1) is 0 Å². The maximum atomic E-state index is 15.3. The van der Waals surface area contributed by atoms with Crippen LogP contribution < -0.4 is 26.4 Å². The van der Waals surface area contributed by atoms with Gasteiger partial charge in [-0.25, -0.2) is 14.2 Å². The van der Waals surface area contributed by atoms with Crippen molar-refractivity contribution >= 4 is 35.1 Å². The molecule has 1 heterocycles. The zero-order valence-corrected chi connectivity index (χ0v) is 35.3. The van der Waals surface area contributed by atoms with Crippen LogP contribution in [0.25, 0.3) is 22.4 Å². The number of nitrogens with one attached hydrogen (secondary N) is 3. The van der Waals surface area contributed by atoms with E-state index in [1.165, 1.54) is 32.0 Å². The number of aliphatic hydroxyl groups is 1. The first-order valence-electron chi connectivity index (χ1n) is 19.5. The zero-order chi connectivity index (χ0) is 41.9. The van der Waals surface area contributed by atoms with Gasteiger partial charge >= 0.3 is 6.03 Å². The molecule has 0 radical (unpaired) electrons. The molecule has 0 fully saturated rings. The number of aromatic nitrogens is 1. The number of likely N-dealkylation sites (N-methyl/N-ethyl adjacent to an activating group) is 1. The Balaban J connectivity index is 0.000000508. The monoisotopic (exact) mass is 796 g/mol. The summed E-state index contributed by atoms with van der Waals surface area (Å²) in [6.07, 6.45) is 7.86. The van der Waals surface area contributed by atoms with Crippen LogP contribution in [0, 0.1) is 18.7 Å². The fourth-order valence-electron chi connectivity index (χ4n) is 6.49. The second-order valence-corrected chi connectivity index (χ2v) is 13.8. The second kappa shape index (κ2) is 24.2. The van der Waals surface area contributed by atoms with E-state index >= 15 is 4.39 Å².